The van der Waals surface area contributed by atoms with Crippen molar-refractivity contribution in [3.05, 3.63) is 53.7 Å². The number of anilines is 2. The largest absolute Gasteiger partial charge is 0.398 e. The van der Waals surface area contributed by atoms with Crippen molar-refractivity contribution in [1.82, 2.24) is 9.88 Å². The predicted molar refractivity (Wildman–Crippen MR) is 125 cm³/mol. The molecule has 2 atom stereocenters. The van der Waals surface area contributed by atoms with Crippen LogP contribution in [0.25, 0.3) is 0 Å². The summed E-state index contributed by atoms with van der Waals surface area (Å²) >= 11 is 0. The molecule has 10 heteroatoms. The minimum Gasteiger partial charge on any atom is -0.381 e. The Morgan fingerprint density at radius 2 is 1.75 bits per heavy atom. The molecule has 2 saturated carbocycles. The number of imide groups is 1. The molecule has 0 spiro atoms. The van der Waals surface area contributed by atoms with Crippen molar-refractivity contribution in [2.45, 2.75) is 56.4 Å². The fourth-order valence-electron chi connectivity index (χ4n) is 5.58. The second-order valence-corrected chi connectivity index (χ2v) is 10.8. The fraction of sp³-hybridized carbons (Fsp3) is 0.500. The van der Waals surface area contributed by atoms with E-state index in [4.69, 9.17) is 4.74 Å². The van der Waals surface area contributed by atoms with E-state index in [1.165, 1.54) is 29.2 Å². The zero-order valence-electron chi connectivity index (χ0n) is 20.0. The molecule has 0 bridgehead atoms. The van der Waals surface area contributed by atoms with Crippen LogP contribution >= 0.6 is 0 Å². The van der Waals surface area contributed by atoms with Crippen LogP contribution in [0, 0.1) is 11.8 Å². The lowest BCUT2D eigenvalue weighted by Gasteiger charge is -2.27. The van der Waals surface area contributed by atoms with Gasteiger partial charge in [0.1, 0.15) is 11.4 Å². The van der Waals surface area contributed by atoms with E-state index in [9.17, 15) is 22.8 Å². The van der Waals surface area contributed by atoms with E-state index in [2.05, 4.69) is 10.3 Å². The SMILES string of the molecule is CC1(C)C(=O)N(c2ccc(C3(C(F)(F)F)CC3)cc2)C(=O)N1Cc1ccnc(NC2C3COCC32)c1. The lowest BCUT2D eigenvalue weighted by molar-refractivity contribution is -0.160. The molecule has 2 aliphatic heterocycles. The van der Waals surface area contributed by atoms with Crippen molar-refractivity contribution in [2.75, 3.05) is 23.4 Å². The van der Waals surface area contributed by atoms with Crippen LogP contribution < -0.4 is 10.2 Å². The monoisotopic (exact) mass is 500 g/mol. The van der Waals surface area contributed by atoms with Gasteiger partial charge in [-0.25, -0.2) is 14.7 Å². The highest BCUT2D eigenvalue weighted by molar-refractivity contribution is 6.22. The minimum absolute atomic E-state index is 0.0524. The molecular weight excluding hydrogens is 473 g/mol. The summed E-state index contributed by atoms with van der Waals surface area (Å²) in [6.07, 6.45) is -2.54. The molecule has 0 radical (unpaired) electrons. The van der Waals surface area contributed by atoms with Gasteiger partial charge in [0.15, 0.2) is 0 Å². The van der Waals surface area contributed by atoms with Gasteiger partial charge in [0.25, 0.3) is 5.91 Å². The van der Waals surface area contributed by atoms with Gasteiger partial charge in [-0.3, -0.25) is 4.79 Å². The Morgan fingerprint density at radius 1 is 1.08 bits per heavy atom. The molecule has 2 unspecified atom stereocenters. The van der Waals surface area contributed by atoms with Gasteiger partial charge in [-0.1, -0.05) is 12.1 Å². The zero-order chi connectivity index (χ0) is 25.5. The summed E-state index contributed by atoms with van der Waals surface area (Å²) in [4.78, 5) is 33.6. The molecule has 7 nitrogen and oxygen atoms in total. The number of hydrogen-bond acceptors (Lipinski definition) is 5. The van der Waals surface area contributed by atoms with Gasteiger partial charge in [-0.15, -0.1) is 0 Å². The molecule has 6 rings (SSSR count). The summed E-state index contributed by atoms with van der Waals surface area (Å²) in [6.45, 7) is 5.07. The van der Waals surface area contributed by atoms with Crippen LogP contribution in [-0.4, -0.2) is 52.8 Å². The summed E-state index contributed by atoms with van der Waals surface area (Å²) in [6, 6.07) is 9.15. The van der Waals surface area contributed by atoms with Crippen LogP contribution in [0.3, 0.4) is 0 Å². The Morgan fingerprint density at radius 3 is 2.36 bits per heavy atom. The summed E-state index contributed by atoms with van der Waals surface area (Å²) in [5.41, 5.74) is -1.68. The van der Waals surface area contributed by atoms with Gasteiger partial charge in [-0.2, -0.15) is 13.2 Å². The first kappa shape index (κ1) is 23.3. The van der Waals surface area contributed by atoms with E-state index in [0.29, 0.717) is 23.7 Å². The number of benzene rings is 1. The standard InChI is InChI=1S/C26H27F3N4O3/c1-24(2)22(34)33(17-5-3-16(4-6-17)25(8-9-25)26(27,28)29)23(35)32(24)12-15-7-10-30-20(11-15)31-21-18-13-36-14-19(18)21/h3-7,10-11,18-19,21H,8-9,12-14H2,1-2H3,(H,30,31). The van der Waals surface area contributed by atoms with Crippen molar-refractivity contribution >= 4 is 23.4 Å². The molecule has 36 heavy (non-hydrogen) atoms. The summed E-state index contributed by atoms with van der Waals surface area (Å²) < 4.78 is 45.9. The molecule has 2 aliphatic carbocycles. The number of aromatic nitrogens is 1. The number of ether oxygens (including phenoxy) is 1. The molecule has 4 aliphatic rings. The zero-order valence-corrected chi connectivity index (χ0v) is 20.0. The van der Waals surface area contributed by atoms with Crippen molar-refractivity contribution in [2.24, 2.45) is 11.8 Å². The van der Waals surface area contributed by atoms with E-state index >= 15 is 0 Å². The van der Waals surface area contributed by atoms with E-state index in [-0.39, 0.29) is 30.6 Å². The van der Waals surface area contributed by atoms with Crippen LogP contribution in [0.1, 0.15) is 37.8 Å². The quantitative estimate of drug-likeness (QED) is 0.592. The lowest BCUT2D eigenvalue weighted by Crippen LogP contribution is -2.43. The van der Waals surface area contributed by atoms with Crippen LogP contribution in [-0.2, 0) is 21.5 Å². The average molecular weight is 501 g/mol. The van der Waals surface area contributed by atoms with Gasteiger partial charge in [0.05, 0.1) is 24.3 Å². The molecule has 2 saturated heterocycles. The smallest absolute Gasteiger partial charge is 0.381 e. The first-order valence-corrected chi connectivity index (χ1v) is 12.2. The molecule has 1 N–H and O–H groups in total. The summed E-state index contributed by atoms with van der Waals surface area (Å²) in [5, 5.41) is 3.44. The van der Waals surface area contributed by atoms with Crippen molar-refractivity contribution in [3.8, 4) is 0 Å². The molecule has 1 aromatic heterocycles. The lowest BCUT2D eigenvalue weighted by atomic mass is 9.95. The second-order valence-electron chi connectivity index (χ2n) is 10.8. The number of fused-ring (bicyclic) bond motifs is 1. The third-order valence-electron chi connectivity index (χ3n) is 8.23. The number of hydrogen-bond donors (Lipinski definition) is 1. The normalized spacial score (nSPS) is 27.9. The third kappa shape index (κ3) is 3.48. The van der Waals surface area contributed by atoms with E-state index in [0.717, 1.165) is 23.7 Å². The molecule has 190 valence electrons. The fourth-order valence-corrected chi connectivity index (χ4v) is 5.58. The number of rotatable bonds is 6. The van der Waals surface area contributed by atoms with Gasteiger partial charge >= 0.3 is 12.2 Å². The summed E-state index contributed by atoms with van der Waals surface area (Å²) in [5.74, 6) is 1.32. The maximum Gasteiger partial charge on any atom is 0.398 e. The van der Waals surface area contributed by atoms with Gasteiger partial charge in [-0.05, 0) is 62.1 Å². The maximum atomic E-state index is 13.5. The Balaban J connectivity index is 1.20. The number of amides is 3. The number of nitrogens with one attached hydrogen (secondary N) is 1. The highest BCUT2D eigenvalue weighted by Crippen LogP contribution is 2.59. The first-order chi connectivity index (χ1) is 17.0. The molecule has 4 fully saturated rings. The Kier molecular flexibility index (Phi) is 4.96. The number of urea groups is 1. The molecule has 3 heterocycles. The maximum absolute atomic E-state index is 13.5. The van der Waals surface area contributed by atoms with Crippen LogP contribution in [0.2, 0.25) is 0 Å². The number of pyridine rings is 1. The predicted octanol–water partition coefficient (Wildman–Crippen LogP) is 4.48. The Bertz CT molecular complexity index is 1220. The topological polar surface area (TPSA) is 74.8 Å². The van der Waals surface area contributed by atoms with Gasteiger partial charge in [0, 0.05) is 30.6 Å². The van der Waals surface area contributed by atoms with Crippen LogP contribution in [0.5, 0.6) is 0 Å². The summed E-state index contributed by atoms with van der Waals surface area (Å²) in [7, 11) is 0. The second kappa shape index (κ2) is 7.68. The Hall–Kier alpha value is -3.14. The van der Waals surface area contributed by atoms with Crippen LogP contribution in [0.15, 0.2) is 42.6 Å². The molecule has 2 aromatic rings. The first-order valence-electron chi connectivity index (χ1n) is 12.2. The van der Waals surface area contributed by atoms with E-state index in [1.54, 1.807) is 26.1 Å². The number of alkyl halides is 3. The van der Waals surface area contributed by atoms with Gasteiger partial charge in [0.2, 0.25) is 0 Å². The molecular formula is C26H27F3N4O3. The minimum atomic E-state index is -4.32. The number of nitrogens with zero attached hydrogens (tertiary/aromatic N) is 3. The number of halogens is 3. The highest BCUT2D eigenvalue weighted by atomic mass is 19.4. The van der Waals surface area contributed by atoms with Gasteiger partial charge < -0.3 is 15.0 Å². The highest BCUT2D eigenvalue weighted by Gasteiger charge is 2.64. The van der Waals surface area contributed by atoms with E-state index in [1.807, 2.05) is 6.07 Å². The van der Waals surface area contributed by atoms with Crippen molar-refractivity contribution in [1.29, 1.82) is 0 Å². The molecule has 3 amide bonds. The third-order valence-corrected chi connectivity index (χ3v) is 8.23. The molecule has 1 aromatic carbocycles. The van der Waals surface area contributed by atoms with Crippen molar-refractivity contribution in [3.63, 3.8) is 0 Å². The number of carbonyl (C=O) groups excluding carboxylic acids is 2. The van der Waals surface area contributed by atoms with Crippen molar-refractivity contribution < 1.29 is 27.5 Å². The van der Waals surface area contributed by atoms with Crippen LogP contribution in [0.4, 0.5) is 29.5 Å². The number of carbonyl (C=O) groups is 2. The Labute approximate surface area is 206 Å². The average Bonchev–Trinajstić information content (AvgIpc) is 3.70. The van der Waals surface area contributed by atoms with E-state index < -0.39 is 29.1 Å².